The molecule has 1 aromatic carbocycles. The van der Waals surface area contributed by atoms with Crippen LogP contribution in [0.5, 0.6) is 0 Å². The number of halogens is 3. The SMILES string of the molecule is O=C(NCc1ccc(CN2CCCC2)cc1)c1ccc(C(F)(F)F)nc1. The number of pyridine rings is 1. The maximum Gasteiger partial charge on any atom is 0.433 e. The van der Waals surface area contributed by atoms with Crippen LogP contribution in [-0.2, 0) is 19.3 Å². The van der Waals surface area contributed by atoms with Crippen molar-refractivity contribution in [3.8, 4) is 0 Å². The van der Waals surface area contributed by atoms with Gasteiger partial charge in [0, 0.05) is 19.3 Å². The van der Waals surface area contributed by atoms with Crippen LogP contribution in [0.2, 0.25) is 0 Å². The quantitative estimate of drug-likeness (QED) is 0.882. The first-order chi connectivity index (χ1) is 12.4. The van der Waals surface area contributed by atoms with E-state index < -0.39 is 17.8 Å². The molecule has 2 heterocycles. The van der Waals surface area contributed by atoms with Crippen LogP contribution in [0.15, 0.2) is 42.6 Å². The van der Waals surface area contributed by atoms with E-state index in [-0.39, 0.29) is 5.56 Å². The van der Waals surface area contributed by atoms with Gasteiger partial charge in [0.15, 0.2) is 0 Å². The van der Waals surface area contributed by atoms with Crippen molar-refractivity contribution in [3.05, 3.63) is 65.0 Å². The molecule has 0 radical (unpaired) electrons. The standard InChI is InChI=1S/C19H20F3N3O/c20-19(21,22)17-8-7-16(12-23-17)18(26)24-11-14-3-5-15(6-4-14)13-25-9-1-2-10-25/h3-8,12H,1-2,9-11,13H2,(H,24,26). The van der Waals surface area contributed by atoms with Crippen molar-refractivity contribution in [1.82, 2.24) is 15.2 Å². The minimum Gasteiger partial charge on any atom is -0.348 e. The number of hydrogen-bond acceptors (Lipinski definition) is 3. The number of likely N-dealkylation sites (tertiary alicyclic amines) is 1. The lowest BCUT2D eigenvalue weighted by molar-refractivity contribution is -0.141. The largest absolute Gasteiger partial charge is 0.433 e. The molecule has 0 saturated carbocycles. The fourth-order valence-electron chi connectivity index (χ4n) is 2.94. The van der Waals surface area contributed by atoms with E-state index in [1.54, 1.807) is 0 Å². The highest BCUT2D eigenvalue weighted by molar-refractivity contribution is 5.93. The molecule has 0 bridgehead atoms. The van der Waals surface area contributed by atoms with Crippen molar-refractivity contribution < 1.29 is 18.0 Å². The molecule has 3 rings (SSSR count). The average Bonchev–Trinajstić information content (AvgIpc) is 3.13. The van der Waals surface area contributed by atoms with Crippen LogP contribution in [0.4, 0.5) is 13.2 Å². The van der Waals surface area contributed by atoms with E-state index in [2.05, 4.69) is 15.2 Å². The van der Waals surface area contributed by atoms with Gasteiger partial charge in [0.25, 0.3) is 5.91 Å². The highest BCUT2D eigenvalue weighted by Gasteiger charge is 2.32. The fourth-order valence-corrected chi connectivity index (χ4v) is 2.94. The number of rotatable bonds is 5. The van der Waals surface area contributed by atoms with Crippen LogP contribution in [-0.4, -0.2) is 28.9 Å². The van der Waals surface area contributed by atoms with Gasteiger partial charge in [0.05, 0.1) is 5.56 Å². The molecule has 0 spiro atoms. The Morgan fingerprint density at radius 3 is 2.27 bits per heavy atom. The second kappa shape index (κ2) is 7.86. The van der Waals surface area contributed by atoms with E-state index in [9.17, 15) is 18.0 Å². The molecular weight excluding hydrogens is 343 g/mol. The molecule has 0 aliphatic carbocycles. The lowest BCUT2D eigenvalue weighted by Gasteiger charge is -2.14. The van der Waals surface area contributed by atoms with E-state index >= 15 is 0 Å². The Morgan fingerprint density at radius 2 is 1.69 bits per heavy atom. The molecule has 1 saturated heterocycles. The lowest BCUT2D eigenvalue weighted by atomic mass is 10.1. The average molecular weight is 363 g/mol. The summed E-state index contributed by atoms with van der Waals surface area (Å²) in [5.74, 6) is -0.452. The monoisotopic (exact) mass is 363 g/mol. The van der Waals surface area contributed by atoms with Crippen LogP contribution in [0.25, 0.3) is 0 Å². The Labute approximate surface area is 150 Å². The normalized spacial score (nSPS) is 15.2. The Hall–Kier alpha value is -2.41. The van der Waals surface area contributed by atoms with Crippen molar-refractivity contribution in [2.45, 2.75) is 32.1 Å². The molecule has 1 aliphatic heterocycles. The number of amides is 1. The number of carbonyl (C=O) groups excluding carboxylic acids is 1. The second-order valence-corrected chi connectivity index (χ2v) is 6.41. The fraction of sp³-hybridized carbons (Fsp3) is 0.368. The van der Waals surface area contributed by atoms with Crippen molar-refractivity contribution in [1.29, 1.82) is 0 Å². The van der Waals surface area contributed by atoms with Crippen LogP contribution in [0, 0.1) is 0 Å². The minimum absolute atomic E-state index is 0.101. The van der Waals surface area contributed by atoms with Gasteiger partial charge in [-0.1, -0.05) is 24.3 Å². The molecule has 1 N–H and O–H groups in total. The number of aromatic nitrogens is 1. The zero-order chi connectivity index (χ0) is 18.6. The van der Waals surface area contributed by atoms with Gasteiger partial charge in [0.1, 0.15) is 5.69 Å². The number of carbonyl (C=O) groups is 1. The first kappa shape index (κ1) is 18.4. The highest BCUT2D eigenvalue weighted by atomic mass is 19.4. The summed E-state index contributed by atoms with van der Waals surface area (Å²) in [4.78, 5) is 17.7. The number of alkyl halides is 3. The minimum atomic E-state index is -4.51. The summed E-state index contributed by atoms with van der Waals surface area (Å²) in [5.41, 5.74) is 1.25. The first-order valence-corrected chi connectivity index (χ1v) is 8.53. The molecule has 0 unspecified atom stereocenters. The van der Waals surface area contributed by atoms with Gasteiger partial charge in [-0.3, -0.25) is 14.7 Å². The maximum atomic E-state index is 12.5. The van der Waals surface area contributed by atoms with E-state index in [4.69, 9.17) is 0 Å². The summed E-state index contributed by atoms with van der Waals surface area (Å²) in [5, 5.41) is 2.70. The van der Waals surface area contributed by atoms with Gasteiger partial charge >= 0.3 is 6.18 Å². The molecule has 2 aromatic rings. The molecule has 1 aromatic heterocycles. The van der Waals surface area contributed by atoms with Gasteiger partial charge in [-0.2, -0.15) is 13.2 Å². The van der Waals surface area contributed by atoms with Crippen LogP contribution in [0.1, 0.15) is 40.0 Å². The molecular formula is C19H20F3N3O. The summed E-state index contributed by atoms with van der Waals surface area (Å²) in [6.45, 7) is 3.52. The zero-order valence-corrected chi connectivity index (χ0v) is 14.2. The second-order valence-electron chi connectivity index (χ2n) is 6.41. The van der Waals surface area contributed by atoms with E-state index in [0.717, 1.165) is 43.5 Å². The number of nitrogens with one attached hydrogen (secondary N) is 1. The molecule has 1 fully saturated rings. The van der Waals surface area contributed by atoms with E-state index in [1.165, 1.54) is 18.4 Å². The van der Waals surface area contributed by atoms with Crippen molar-refractivity contribution in [2.75, 3.05) is 13.1 Å². The summed E-state index contributed by atoms with van der Waals surface area (Å²) in [6.07, 6.45) is -1.06. The Kier molecular flexibility index (Phi) is 5.56. The summed E-state index contributed by atoms with van der Waals surface area (Å²) < 4.78 is 37.5. The molecule has 1 amide bonds. The van der Waals surface area contributed by atoms with E-state index in [1.807, 2.05) is 24.3 Å². The van der Waals surface area contributed by atoms with Crippen molar-refractivity contribution >= 4 is 5.91 Å². The summed E-state index contributed by atoms with van der Waals surface area (Å²) in [6, 6.07) is 9.93. The molecule has 0 atom stereocenters. The van der Waals surface area contributed by atoms with Crippen LogP contribution < -0.4 is 5.32 Å². The van der Waals surface area contributed by atoms with Crippen LogP contribution in [0.3, 0.4) is 0 Å². The first-order valence-electron chi connectivity index (χ1n) is 8.53. The Balaban J connectivity index is 1.52. The van der Waals surface area contributed by atoms with Gasteiger partial charge in [-0.05, 0) is 49.2 Å². The third-order valence-corrected chi connectivity index (χ3v) is 4.40. The predicted octanol–water partition coefficient (Wildman–Crippen LogP) is 3.63. The molecule has 1 aliphatic rings. The molecule has 4 nitrogen and oxygen atoms in total. The van der Waals surface area contributed by atoms with Crippen LogP contribution >= 0.6 is 0 Å². The number of nitrogens with zero attached hydrogens (tertiary/aromatic N) is 2. The van der Waals surface area contributed by atoms with Crippen molar-refractivity contribution in [3.63, 3.8) is 0 Å². The smallest absolute Gasteiger partial charge is 0.348 e. The number of hydrogen-bond donors (Lipinski definition) is 1. The Morgan fingerprint density at radius 1 is 1.04 bits per heavy atom. The third kappa shape index (κ3) is 4.82. The summed E-state index contributed by atoms with van der Waals surface area (Å²) in [7, 11) is 0. The van der Waals surface area contributed by atoms with E-state index in [0.29, 0.717) is 6.54 Å². The van der Waals surface area contributed by atoms with Gasteiger partial charge in [-0.15, -0.1) is 0 Å². The van der Waals surface area contributed by atoms with Gasteiger partial charge < -0.3 is 5.32 Å². The van der Waals surface area contributed by atoms with Gasteiger partial charge in [-0.25, -0.2) is 0 Å². The number of benzene rings is 1. The zero-order valence-electron chi connectivity index (χ0n) is 14.2. The maximum absolute atomic E-state index is 12.5. The third-order valence-electron chi connectivity index (χ3n) is 4.40. The lowest BCUT2D eigenvalue weighted by Crippen LogP contribution is -2.23. The van der Waals surface area contributed by atoms with Crippen molar-refractivity contribution in [2.24, 2.45) is 0 Å². The Bertz CT molecular complexity index is 736. The highest BCUT2D eigenvalue weighted by Crippen LogP contribution is 2.27. The molecule has 138 valence electrons. The molecule has 7 heteroatoms. The molecule has 26 heavy (non-hydrogen) atoms. The van der Waals surface area contributed by atoms with Gasteiger partial charge in [0.2, 0.25) is 0 Å². The summed E-state index contributed by atoms with van der Waals surface area (Å²) >= 11 is 0. The topological polar surface area (TPSA) is 45.2 Å². The predicted molar refractivity (Wildman–Crippen MR) is 91.4 cm³/mol.